The van der Waals surface area contributed by atoms with E-state index in [2.05, 4.69) is 4.84 Å². The highest BCUT2D eigenvalue weighted by Gasteiger charge is 2.04. The number of nitrogens with zero attached hydrogens (tertiary/aromatic N) is 1. The number of carbonyl (C=O) groups is 1. The van der Waals surface area contributed by atoms with Crippen LogP contribution in [0.5, 0.6) is 11.5 Å². The van der Waals surface area contributed by atoms with Crippen molar-refractivity contribution >= 4 is 12.0 Å². The first-order chi connectivity index (χ1) is 13.0. The van der Waals surface area contributed by atoms with Crippen molar-refractivity contribution in [3.63, 3.8) is 0 Å². The molecule has 2 rings (SSSR count). The first kappa shape index (κ1) is 19.8. The third-order valence-electron chi connectivity index (χ3n) is 3.58. The monoisotopic (exact) mass is 373 g/mol. The number of hydrogen-bond acceptors (Lipinski definition) is 7. The van der Waals surface area contributed by atoms with Crippen LogP contribution in [0.1, 0.15) is 16.7 Å². The maximum Gasteiger partial charge on any atom is 0.331 e. The van der Waals surface area contributed by atoms with Crippen molar-refractivity contribution in [2.45, 2.75) is 13.0 Å². The van der Waals surface area contributed by atoms with Gasteiger partial charge in [0.25, 0.3) is 5.09 Å². The van der Waals surface area contributed by atoms with Gasteiger partial charge in [0.05, 0.1) is 7.11 Å². The van der Waals surface area contributed by atoms with Crippen LogP contribution in [0.25, 0.3) is 6.08 Å². The van der Waals surface area contributed by atoms with E-state index in [9.17, 15) is 20.0 Å². The van der Waals surface area contributed by atoms with Gasteiger partial charge in [-0.2, -0.15) is 0 Å². The second kappa shape index (κ2) is 9.81. The Bertz CT molecular complexity index is 833. The summed E-state index contributed by atoms with van der Waals surface area (Å²) in [4.78, 5) is 26.3. The Kier molecular flexibility index (Phi) is 7.18. The number of aromatic hydroxyl groups is 1. The summed E-state index contributed by atoms with van der Waals surface area (Å²) in [5, 5.41) is 18.9. The van der Waals surface area contributed by atoms with Crippen LogP contribution < -0.4 is 4.74 Å². The molecule has 0 amide bonds. The van der Waals surface area contributed by atoms with Crippen LogP contribution in [0.15, 0.2) is 48.5 Å². The van der Waals surface area contributed by atoms with E-state index in [1.165, 1.54) is 19.3 Å². The summed E-state index contributed by atoms with van der Waals surface area (Å²) in [7, 11) is 1.44. The average Bonchev–Trinajstić information content (AvgIpc) is 2.65. The smallest absolute Gasteiger partial charge is 0.331 e. The molecule has 0 radical (unpaired) electrons. The molecule has 0 aromatic heterocycles. The number of phenolic OH excluding ortho intramolecular Hbond substituents is 1. The number of rotatable bonds is 9. The van der Waals surface area contributed by atoms with Crippen LogP contribution in [0.4, 0.5) is 0 Å². The zero-order chi connectivity index (χ0) is 19.6. The van der Waals surface area contributed by atoms with E-state index in [0.29, 0.717) is 17.7 Å². The van der Waals surface area contributed by atoms with Gasteiger partial charge in [0.1, 0.15) is 13.2 Å². The molecule has 0 atom stereocenters. The molecule has 0 heterocycles. The molecule has 0 fully saturated rings. The summed E-state index contributed by atoms with van der Waals surface area (Å²) in [6, 6.07) is 11.9. The van der Waals surface area contributed by atoms with E-state index in [1.807, 2.05) is 6.07 Å². The molecule has 8 heteroatoms. The molecule has 0 saturated carbocycles. The molecule has 1 N–H and O–H groups in total. The predicted octanol–water partition coefficient (Wildman–Crippen LogP) is 2.91. The summed E-state index contributed by atoms with van der Waals surface area (Å²) in [6.45, 7) is 0.0427. The summed E-state index contributed by atoms with van der Waals surface area (Å²) < 4.78 is 10.2. The van der Waals surface area contributed by atoms with Gasteiger partial charge < -0.3 is 19.4 Å². The van der Waals surface area contributed by atoms with Crippen molar-refractivity contribution in [3.8, 4) is 11.5 Å². The lowest BCUT2D eigenvalue weighted by Gasteiger charge is -2.06. The maximum absolute atomic E-state index is 11.9. The van der Waals surface area contributed by atoms with Crippen molar-refractivity contribution in [1.82, 2.24) is 0 Å². The van der Waals surface area contributed by atoms with Crippen molar-refractivity contribution in [2.75, 3.05) is 13.7 Å². The number of phenols is 1. The van der Waals surface area contributed by atoms with Gasteiger partial charge >= 0.3 is 5.97 Å². The molecule has 142 valence electrons. The molecule has 0 aliphatic carbocycles. The van der Waals surface area contributed by atoms with Crippen LogP contribution in [0, 0.1) is 10.1 Å². The second-order valence-electron chi connectivity index (χ2n) is 5.50. The molecular weight excluding hydrogens is 354 g/mol. The standard InChI is InChI=1S/C19H19NO7/c1-25-18-12-15(5-7-17(18)21)6-8-19(22)26-13-16-4-2-3-14(11-16)9-10-27-20(23)24/h2-8,11-12,21H,9-10,13H2,1H3/b8-6+. The van der Waals surface area contributed by atoms with Crippen molar-refractivity contribution in [2.24, 2.45) is 0 Å². The number of esters is 1. The lowest BCUT2D eigenvalue weighted by Crippen LogP contribution is -2.05. The van der Waals surface area contributed by atoms with Crippen LogP contribution >= 0.6 is 0 Å². The van der Waals surface area contributed by atoms with E-state index in [4.69, 9.17) is 9.47 Å². The topological polar surface area (TPSA) is 108 Å². The van der Waals surface area contributed by atoms with Gasteiger partial charge in [-0.25, -0.2) is 4.79 Å². The Morgan fingerprint density at radius 1 is 1.22 bits per heavy atom. The van der Waals surface area contributed by atoms with Gasteiger partial charge in [-0.15, -0.1) is 10.1 Å². The van der Waals surface area contributed by atoms with Gasteiger partial charge in [-0.05, 0) is 41.3 Å². The van der Waals surface area contributed by atoms with Crippen LogP contribution in [0.2, 0.25) is 0 Å². The highest BCUT2D eigenvalue weighted by molar-refractivity contribution is 5.87. The number of hydrogen-bond donors (Lipinski definition) is 1. The molecule has 0 aliphatic heterocycles. The highest BCUT2D eigenvalue weighted by atomic mass is 16.9. The SMILES string of the molecule is COc1cc(/C=C/C(=O)OCc2cccc(CCO[N+](=O)[O-])c2)ccc1O. The van der Waals surface area contributed by atoms with Crippen molar-refractivity contribution in [1.29, 1.82) is 0 Å². The molecule has 8 nitrogen and oxygen atoms in total. The number of methoxy groups -OCH3 is 1. The fourth-order valence-corrected chi connectivity index (χ4v) is 2.28. The molecule has 0 saturated heterocycles. The van der Waals surface area contributed by atoms with Crippen LogP contribution in [0.3, 0.4) is 0 Å². The van der Waals surface area contributed by atoms with E-state index < -0.39 is 11.1 Å². The van der Waals surface area contributed by atoms with Crippen molar-refractivity contribution < 1.29 is 29.3 Å². The number of benzene rings is 2. The zero-order valence-electron chi connectivity index (χ0n) is 14.7. The van der Waals surface area contributed by atoms with E-state index in [-0.39, 0.29) is 19.0 Å². The predicted molar refractivity (Wildman–Crippen MR) is 96.6 cm³/mol. The molecule has 0 bridgehead atoms. The van der Waals surface area contributed by atoms with E-state index >= 15 is 0 Å². The Morgan fingerprint density at radius 3 is 2.74 bits per heavy atom. The molecule has 0 unspecified atom stereocenters. The Labute approximate surface area is 155 Å². The van der Waals surface area contributed by atoms with Gasteiger partial charge in [0.2, 0.25) is 0 Å². The minimum Gasteiger partial charge on any atom is -0.504 e. The summed E-state index contributed by atoms with van der Waals surface area (Å²) in [6.07, 6.45) is 3.21. The first-order valence-corrected chi connectivity index (χ1v) is 8.05. The first-order valence-electron chi connectivity index (χ1n) is 8.05. The third kappa shape index (κ3) is 6.69. The summed E-state index contributed by atoms with van der Waals surface area (Å²) in [5.74, 6) is -0.201. The van der Waals surface area contributed by atoms with Crippen molar-refractivity contribution in [3.05, 3.63) is 75.3 Å². The molecular formula is C19H19NO7. The van der Waals surface area contributed by atoms with Gasteiger partial charge in [-0.3, -0.25) is 0 Å². The molecule has 0 aliphatic rings. The van der Waals surface area contributed by atoms with Gasteiger partial charge in [-0.1, -0.05) is 30.3 Å². The molecule has 0 spiro atoms. The highest BCUT2D eigenvalue weighted by Crippen LogP contribution is 2.26. The zero-order valence-corrected chi connectivity index (χ0v) is 14.7. The molecule has 2 aromatic rings. The van der Waals surface area contributed by atoms with E-state index in [1.54, 1.807) is 36.4 Å². The summed E-state index contributed by atoms with van der Waals surface area (Å²) in [5.41, 5.74) is 2.29. The number of ether oxygens (including phenoxy) is 2. The minimum absolute atomic E-state index is 0.0146. The summed E-state index contributed by atoms with van der Waals surface area (Å²) >= 11 is 0. The quantitative estimate of drug-likeness (QED) is 0.311. The van der Waals surface area contributed by atoms with Crippen LogP contribution in [-0.2, 0) is 27.4 Å². The lowest BCUT2D eigenvalue weighted by molar-refractivity contribution is -0.757. The fourth-order valence-electron chi connectivity index (χ4n) is 2.28. The third-order valence-corrected chi connectivity index (χ3v) is 3.58. The lowest BCUT2D eigenvalue weighted by atomic mass is 10.1. The Morgan fingerprint density at radius 2 is 2.00 bits per heavy atom. The minimum atomic E-state index is -0.832. The van der Waals surface area contributed by atoms with Gasteiger partial charge in [0, 0.05) is 6.08 Å². The Balaban J connectivity index is 1.87. The normalized spacial score (nSPS) is 10.6. The average molecular weight is 373 g/mol. The molecule has 2 aromatic carbocycles. The Hall–Kier alpha value is -3.55. The second-order valence-corrected chi connectivity index (χ2v) is 5.50. The fraction of sp³-hybridized carbons (Fsp3) is 0.211. The largest absolute Gasteiger partial charge is 0.504 e. The van der Waals surface area contributed by atoms with E-state index in [0.717, 1.165) is 11.1 Å². The van der Waals surface area contributed by atoms with Crippen LogP contribution in [-0.4, -0.2) is 29.9 Å². The van der Waals surface area contributed by atoms with Gasteiger partial charge in [0.15, 0.2) is 11.5 Å². The number of carbonyl (C=O) groups excluding carboxylic acids is 1. The molecule has 27 heavy (non-hydrogen) atoms. The maximum atomic E-state index is 11.9.